The minimum absolute atomic E-state index is 0.257. The molecule has 0 radical (unpaired) electrons. The van der Waals surface area contributed by atoms with E-state index in [2.05, 4.69) is 56.9 Å². The summed E-state index contributed by atoms with van der Waals surface area (Å²) in [5.74, 6) is -0.524. The molecule has 0 aliphatic carbocycles. The molecule has 1 atom stereocenters. The molecule has 4 N–H and O–H groups in total. The standard InChI is InChI=1S/C18H26BrN5O/c1-18(2,3)10-22-11-5-4-8-24(9-11)15-12-6-7-21-17(12)23-14(13(15)19)16(20)25/h6-7,11,22H,4-5,8-10H2,1-3H3,(H2,20,25)(H,21,23)/t11-/m1/s1. The monoisotopic (exact) mass is 407 g/mol. The van der Waals surface area contributed by atoms with Crippen LogP contribution in [-0.2, 0) is 0 Å². The maximum absolute atomic E-state index is 11.8. The maximum atomic E-state index is 11.8. The van der Waals surface area contributed by atoms with Gasteiger partial charge >= 0.3 is 0 Å². The fraction of sp³-hybridized carbons (Fsp3) is 0.556. The Labute approximate surface area is 156 Å². The van der Waals surface area contributed by atoms with E-state index >= 15 is 0 Å². The molecule has 136 valence electrons. The van der Waals surface area contributed by atoms with Gasteiger partial charge in [-0.2, -0.15) is 0 Å². The van der Waals surface area contributed by atoms with Gasteiger partial charge in [-0.05, 0) is 40.3 Å². The number of carbonyl (C=O) groups is 1. The van der Waals surface area contributed by atoms with Gasteiger partial charge in [0.25, 0.3) is 5.91 Å². The van der Waals surface area contributed by atoms with Crippen LogP contribution in [0, 0.1) is 5.41 Å². The molecule has 7 heteroatoms. The second-order valence-electron chi connectivity index (χ2n) is 7.95. The molecule has 3 rings (SSSR count). The van der Waals surface area contributed by atoms with E-state index in [1.807, 2.05) is 12.3 Å². The number of piperidine rings is 1. The molecular weight excluding hydrogens is 382 g/mol. The van der Waals surface area contributed by atoms with E-state index in [-0.39, 0.29) is 11.1 Å². The van der Waals surface area contributed by atoms with Crippen molar-refractivity contribution in [1.29, 1.82) is 0 Å². The third-order valence-electron chi connectivity index (χ3n) is 4.51. The minimum Gasteiger partial charge on any atom is -0.368 e. The fourth-order valence-electron chi connectivity index (χ4n) is 3.31. The third kappa shape index (κ3) is 3.98. The molecule has 0 bridgehead atoms. The number of carbonyl (C=O) groups excluding carboxylic acids is 1. The van der Waals surface area contributed by atoms with Gasteiger partial charge in [-0.15, -0.1) is 0 Å². The van der Waals surface area contributed by atoms with Crippen LogP contribution in [0.2, 0.25) is 0 Å². The van der Waals surface area contributed by atoms with Crippen LogP contribution >= 0.6 is 15.9 Å². The Balaban J connectivity index is 1.91. The number of anilines is 1. The van der Waals surface area contributed by atoms with Crippen LogP contribution in [0.25, 0.3) is 11.0 Å². The van der Waals surface area contributed by atoms with Crippen molar-refractivity contribution >= 4 is 38.6 Å². The van der Waals surface area contributed by atoms with E-state index in [0.717, 1.165) is 43.5 Å². The van der Waals surface area contributed by atoms with Gasteiger partial charge in [0.2, 0.25) is 0 Å². The number of primary amides is 1. The molecule has 25 heavy (non-hydrogen) atoms. The lowest BCUT2D eigenvalue weighted by Gasteiger charge is -2.37. The number of nitrogens with two attached hydrogens (primary N) is 1. The summed E-state index contributed by atoms with van der Waals surface area (Å²) < 4.78 is 0.684. The van der Waals surface area contributed by atoms with Gasteiger partial charge in [-0.1, -0.05) is 20.8 Å². The van der Waals surface area contributed by atoms with E-state index in [9.17, 15) is 4.79 Å². The van der Waals surface area contributed by atoms with Crippen molar-refractivity contribution < 1.29 is 4.79 Å². The van der Waals surface area contributed by atoms with Gasteiger partial charge < -0.3 is 20.9 Å². The molecule has 0 saturated carbocycles. The van der Waals surface area contributed by atoms with Crippen molar-refractivity contribution in [2.45, 2.75) is 39.7 Å². The van der Waals surface area contributed by atoms with Crippen molar-refractivity contribution in [3.05, 3.63) is 22.4 Å². The lowest BCUT2D eigenvalue weighted by molar-refractivity contribution is 0.0995. The Morgan fingerprint density at radius 3 is 2.96 bits per heavy atom. The first kappa shape index (κ1) is 18.2. The van der Waals surface area contributed by atoms with Gasteiger partial charge in [-0.3, -0.25) is 4.79 Å². The Hall–Kier alpha value is -1.60. The SMILES string of the molecule is CC(C)(C)CN[C@@H]1CCCN(c2c(Br)c(C(N)=O)nc3[nH]ccc23)C1. The van der Waals surface area contributed by atoms with Crippen LogP contribution in [-0.4, -0.2) is 41.6 Å². The first-order chi connectivity index (χ1) is 11.8. The number of nitrogens with zero attached hydrogens (tertiary/aromatic N) is 2. The highest BCUT2D eigenvalue weighted by molar-refractivity contribution is 9.10. The van der Waals surface area contributed by atoms with E-state index in [0.29, 0.717) is 16.2 Å². The van der Waals surface area contributed by atoms with Crippen molar-refractivity contribution in [3.63, 3.8) is 0 Å². The quantitative estimate of drug-likeness (QED) is 0.726. The zero-order valence-corrected chi connectivity index (χ0v) is 16.6. The number of hydrogen-bond donors (Lipinski definition) is 3. The smallest absolute Gasteiger partial charge is 0.268 e. The summed E-state index contributed by atoms with van der Waals surface area (Å²) in [5.41, 5.74) is 7.74. The summed E-state index contributed by atoms with van der Waals surface area (Å²) in [4.78, 5) is 21.6. The van der Waals surface area contributed by atoms with Gasteiger partial charge in [-0.25, -0.2) is 4.98 Å². The summed E-state index contributed by atoms with van der Waals surface area (Å²) in [6.45, 7) is 9.55. The molecule has 3 heterocycles. The van der Waals surface area contributed by atoms with Gasteiger partial charge in [0.1, 0.15) is 11.3 Å². The predicted octanol–water partition coefficient (Wildman–Crippen LogP) is 3.03. The van der Waals surface area contributed by atoms with E-state index in [1.54, 1.807) is 0 Å². The number of pyridine rings is 1. The number of fused-ring (bicyclic) bond motifs is 1. The molecule has 0 spiro atoms. The molecule has 0 unspecified atom stereocenters. The zero-order valence-electron chi connectivity index (χ0n) is 15.0. The van der Waals surface area contributed by atoms with Crippen LogP contribution in [0.1, 0.15) is 44.1 Å². The zero-order chi connectivity index (χ0) is 18.2. The number of H-pyrrole nitrogens is 1. The Morgan fingerprint density at radius 1 is 1.52 bits per heavy atom. The second kappa shape index (κ2) is 6.96. The lowest BCUT2D eigenvalue weighted by Crippen LogP contribution is -2.48. The molecular formula is C18H26BrN5O. The molecule has 1 aliphatic rings. The van der Waals surface area contributed by atoms with E-state index < -0.39 is 5.91 Å². The van der Waals surface area contributed by atoms with Gasteiger partial charge in [0.05, 0.1) is 10.2 Å². The van der Waals surface area contributed by atoms with Crippen molar-refractivity contribution in [1.82, 2.24) is 15.3 Å². The van der Waals surface area contributed by atoms with Crippen LogP contribution in [0.5, 0.6) is 0 Å². The summed E-state index contributed by atoms with van der Waals surface area (Å²) in [6, 6.07) is 2.43. The molecule has 2 aromatic heterocycles. The average Bonchev–Trinajstić information content (AvgIpc) is 2.99. The maximum Gasteiger partial charge on any atom is 0.268 e. The van der Waals surface area contributed by atoms with Crippen LogP contribution in [0.15, 0.2) is 16.7 Å². The van der Waals surface area contributed by atoms with Crippen LogP contribution < -0.4 is 16.0 Å². The largest absolute Gasteiger partial charge is 0.368 e. The normalized spacial score (nSPS) is 18.7. The Morgan fingerprint density at radius 2 is 2.28 bits per heavy atom. The number of aromatic amines is 1. The van der Waals surface area contributed by atoms with Crippen LogP contribution in [0.4, 0.5) is 5.69 Å². The molecule has 1 saturated heterocycles. The molecule has 1 amide bonds. The summed E-state index contributed by atoms with van der Waals surface area (Å²) in [6.07, 6.45) is 4.11. The molecule has 6 nitrogen and oxygen atoms in total. The number of nitrogens with one attached hydrogen (secondary N) is 2. The topological polar surface area (TPSA) is 87.0 Å². The van der Waals surface area contributed by atoms with Gasteiger partial charge in [0.15, 0.2) is 0 Å². The Kier molecular flexibility index (Phi) is 5.06. The molecule has 2 aromatic rings. The summed E-state index contributed by atoms with van der Waals surface area (Å²) >= 11 is 3.57. The highest BCUT2D eigenvalue weighted by Gasteiger charge is 2.27. The number of rotatable bonds is 4. The predicted molar refractivity (Wildman–Crippen MR) is 105 cm³/mol. The number of halogens is 1. The first-order valence-corrected chi connectivity index (χ1v) is 9.50. The molecule has 1 fully saturated rings. The van der Waals surface area contributed by atoms with Crippen molar-refractivity contribution in [2.75, 3.05) is 24.5 Å². The fourth-order valence-corrected chi connectivity index (χ4v) is 4.05. The molecule has 1 aliphatic heterocycles. The number of aromatic nitrogens is 2. The summed E-state index contributed by atoms with van der Waals surface area (Å²) in [5, 5.41) is 4.70. The third-order valence-corrected chi connectivity index (χ3v) is 5.26. The summed E-state index contributed by atoms with van der Waals surface area (Å²) in [7, 11) is 0. The van der Waals surface area contributed by atoms with Crippen LogP contribution in [0.3, 0.4) is 0 Å². The Bertz CT molecular complexity index is 780. The average molecular weight is 408 g/mol. The minimum atomic E-state index is -0.524. The van der Waals surface area contributed by atoms with Crippen molar-refractivity contribution in [3.8, 4) is 0 Å². The first-order valence-electron chi connectivity index (χ1n) is 8.71. The highest BCUT2D eigenvalue weighted by Crippen LogP contribution is 2.37. The van der Waals surface area contributed by atoms with E-state index in [4.69, 9.17) is 5.73 Å². The molecule has 0 aromatic carbocycles. The second-order valence-corrected chi connectivity index (χ2v) is 8.75. The number of hydrogen-bond acceptors (Lipinski definition) is 4. The van der Waals surface area contributed by atoms with Gasteiger partial charge in [0, 0.05) is 37.3 Å². The highest BCUT2D eigenvalue weighted by atomic mass is 79.9. The van der Waals surface area contributed by atoms with Crippen molar-refractivity contribution in [2.24, 2.45) is 11.1 Å². The lowest BCUT2D eigenvalue weighted by atomic mass is 9.95. The van der Waals surface area contributed by atoms with E-state index in [1.165, 1.54) is 0 Å². The number of amides is 1.